The molecule has 6 heteroatoms. The molecule has 5 nitrogen and oxygen atoms in total. The molecule has 0 bridgehead atoms. The van der Waals surface area contributed by atoms with Crippen LogP contribution in [0.5, 0.6) is 0 Å². The third kappa shape index (κ3) is 3.85. The quantitative estimate of drug-likeness (QED) is 0.641. The van der Waals surface area contributed by atoms with Crippen molar-refractivity contribution in [3.05, 3.63) is 106 Å². The Morgan fingerprint density at radius 3 is 2.23 bits per heavy atom. The van der Waals surface area contributed by atoms with Crippen LogP contribution < -0.4 is 5.32 Å². The van der Waals surface area contributed by atoms with Gasteiger partial charge in [0.25, 0.3) is 17.7 Å². The van der Waals surface area contributed by atoms with Gasteiger partial charge in [0.15, 0.2) is 0 Å². The zero-order chi connectivity index (χ0) is 21.1. The second-order valence-corrected chi connectivity index (χ2v) is 7.04. The number of nitrogens with one attached hydrogen (secondary N) is 1. The van der Waals surface area contributed by atoms with Gasteiger partial charge in [0.05, 0.1) is 17.7 Å². The van der Waals surface area contributed by atoms with Crippen molar-refractivity contribution in [1.82, 2.24) is 10.2 Å². The van der Waals surface area contributed by atoms with Crippen molar-refractivity contribution in [2.75, 3.05) is 6.54 Å². The molecule has 0 saturated heterocycles. The van der Waals surface area contributed by atoms with Gasteiger partial charge < -0.3 is 5.32 Å². The van der Waals surface area contributed by atoms with Crippen molar-refractivity contribution in [2.45, 2.75) is 13.0 Å². The largest absolute Gasteiger partial charge is 0.352 e. The Morgan fingerprint density at radius 1 is 0.867 bits per heavy atom. The number of carbonyl (C=O) groups excluding carboxylic acids is 3. The molecule has 0 spiro atoms. The van der Waals surface area contributed by atoms with Crippen molar-refractivity contribution in [2.24, 2.45) is 0 Å². The molecule has 1 N–H and O–H groups in total. The predicted octanol–water partition coefficient (Wildman–Crippen LogP) is 3.59. The Hall–Kier alpha value is -3.80. The summed E-state index contributed by atoms with van der Waals surface area (Å²) in [6, 6.07) is 19.9. The van der Waals surface area contributed by atoms with Crippen molar-refractivity contribution >= 4 is 17.7 Å². The molecule has 30 heavy (non-hydrogen) atoms. The summed E-state index contributed by atoms with van der Waals surface area (Å²) in [5, 5.41) is 2.77. The molecule has 1 aliphatic heterocycles. The summed E-state index contributed by atoms with van der Waals surface area (Å²) in [5.41, 5.74) is 2.41. The Bertz CT molecular complexity index is 1110. The highest BCUT2D eigenvalue weighted by Crippen LogP contribution is 2.24. The van der Waals surface area contributed by atoms with Crippen molar-refractivity contribution in [3.63, 3.8) is 0 Å². The van der Waals surface area contributed by atoms with E-state index in [-0.39, 0.29) is 30.1 Å². The first-order chi connectivity index (χ1) is 14.5. The van der Waals surface area contributed by atoms with E-state index in [1.807, 2.05) is 0 Å². The number of rotatable bonds is 6. The fourth-order valence-corrected chi connectivity index (χ4v) is 3.49. The molecule has 3 amide bonds. The molecule has 0 aliphatic carbocycles. The van der Waals surface area contributed by atoms with Crippen molar-refractivity contribution in [1.29, 1.82) is 0 Å². The fourth-order valence-electron chi connectivity index (χ4n) is 3.49. The van der Waals surface area contributed by atoms with Gasteiger partial charge in [-0.25, -0.2) is 4.39 Å². The number of hydrogen-bond acceptors (Lipinski definition) is 3. The Kier molecular flexibility index (Phi) is 5.39. The zero-order valence-electron chi connectivity index (χ0n) is 16.1. The second kappa shape index (κ2) is 8.29. The van der Waals surface area contributed by atoms with E-state index in [1.54, 1.807) is 66.7 Å². The predicted molar refractivity (Wildman–Crippen MR) is 110 cm³/mol. The summed E-state index contributed by atoms with van der Waals surface area (Å²) < 4.78 is 13.7. The van der Waals surface area contributed by atoms with Crippen LogP contribution >= 0.6 is 0 Å². The number of benzene rings is 3. The summed E-state index contributed by atoms with van der Waals surface area (Å²) in [6.07, 6.45) is 0.382. The lowest BCUT2D eigenvalue weighted by Crippen LogP contribution is -2.29. The van der Waals surface area contributed by atoms with Crippen LogP contribution in [0.25, 0.3) is 0 Å². The number of fused-ring (bicyclic) bond motifs is 1. The Labute approximate surface area is 173 Å². The normalized spacial score (nSPS) is 12.8. The van der Waals surface area contributed by atoms with Gasteiger partial charge in [-0.3, -0.25) is 19.3 Å². The summed E-state index contributed by atoms with van der Waals surface area (Å²) >= 11 is 0. The third-order valence-corrected chi connectivity index (χ3v) is 5.05. The van der Waals surface area contributed by atoms with Gasteiger partial charge in [0.2, 0.25) is 0 Å². The number of halogens is 1. The van der Waals surface area contributed by atoms with Crippen LogP contribution in [0.15, 0.2) is 72.8 Å². The van der Waals surface area contributed by atoms with Gasteiger partial charge in [-0.05, 0) is 47.9 Å². The maximum Gasteiger partial charge on any atom is 0.261 e. The molecule has 1 aliphatic rings. The van der Waals surface area contributed by atoms with Crippen LogP contribution in [0, 0.1) is 5.82 Å². The SMILES string of the molecule is O=C(NCCc1ccccc1F)c1cccc(CN2C(=O)c3ccccc3C2=O)c1. The summed E-state index contributed by atoms with van der Waals surface area (Å²) in [7, 11) is 0. The van der Waals surface area contributed by atoms with E-state index in [0.717, 1.165) is 0 Å². The van der Waals surface area contributed by atoms with Crippen molar-refractivity contribution in [3.8, 4) is 0 Å². The van der Waals surface area contributed by atoms with Gasteiger partial charge in [-0.15, -0.1) is 0 Å². The minimum absolute atomic E-state index is 0.0860. The minimum atomic E-state index is -0.338. The molecule has 0 fully saturated rings. The summed E-state index contributed by atoms with van der Waals surface area (Å²) in [5.74, 6) is -1.27. The second-order valence-electron chi connectivity index (χ2n) is 7.04. The van der Waals surface area contributed by atoms with Crippen LogP contribution in [-0.2, 0) is 13.0 Å². The number of imide groups is 1. The van der Waals surface area contributed by atoms with E-state index in [4.69, 9.17) is 0 Å². The third-order valence-electron chi connectivity index (χ3n) is 5.05. The van der Waals surface area contributed by atoms with E-state index < -0.39 is 0 Å². The maximum atomic E-state index is 13.7. The standard InChI is InChI=1S/C24H19FN2O3/c25-21-11-4-1-7-17(21)12-13-26-22(28)18-8-5-6-16(14-18)15-27-23(29)19-9-2-3-10-20(19)24(27)30/h1-11,14H,12-13,15H2,(H,26,28). The van der Waals surface area contributed by atoms with Crippen LogP contribution in [0.3, 0.4) is 0 Å². The van der Waals surface area contributed by atoms with Gasteiger partial charge >= 0.3 is 0 Å². The number of nitrogens with zero attached hydrogens (tertiary/aromatic N) is 1. The zero-order valence-corrected chi connectivity index (χ0v) is 16.1. The molecular formula is C24H19FN2O3. The molecule has 0 aromatic heterocycles. The molecule has 4 rings (SSSR count). The van der Waals surface area contributed by atoms with Gasteiger partial charge in [-0.1, -0.05) is 42.5 Å². The molecule has 1 heterocycles. The lowest BCUT2D eigenvalue weighted by molar-refractivity contribution is 0.0642. The fraction of sp³-hybridized carbons (Fsp3) is 0.125. The maximum absolute atomic E-state index is 13.7. The highest BCUT2D eigenvalue weighted by Gasteiger charge is 2.34. The first kappa shape index (κ1) is 19.5. The van der Waals surface area contributed by atoms with Gasteiger partial charge in [0, 0.05) is 12.1 Å². The lowest BCUT2D eigenvalue weighted by Gasteiger charge is -2.14. The number of hydrogen-bond donors (Lipinski definition) is 1. The van der Waals surface area contributed by atoms with Gasteiger partial charge in [-0.2, -0.15) is 0 Å². The van der Waals surface area contributed by atoms with Gasteiger partial charge in [0.1, 0.15) is 5.82 Å². The van der Waals surface area contributed by atoms with E-state index >= 15 is 0 Å². The van der Waals surface area contributed by atoms with E-state index in [0.29, 0.717) is 40.8 Å². The molecule has 3 aromatic rings. The molecule has 3 aromatic carbocycles. The lowest BCUT2D eigenvalue weighted by atomic mass is 10.1. The highest BCUT2D eigenvalue weighted by molar-refractivity contribution is 6.21. The van der Waals surface area contributed by atoms with Crippen LogP contribution in [-0.4, -0.2) is 29.2 Å². The first-order valence-corrected chi connectivity index (χ1v) is 9.60. The smallest absolute Gasteiger partial charge is 0.261 e. The van der Waals surface area contributed by atoms with Crippen molar-refractivity contribution < 1.29 is 18.8 Å². The van der Waals surface area contributed by atoms with Crippen LogP contribution in [0.1, 0.15) is 42.2 Å². The molecule has 0 radical (unpaired) electrons. The average Bonchev–Trinajstić information content (AvgIpc) is 3.00. The van der Waals surface area contributed by atoms with E-state index in [2.05, 4.69) is 5.32 Å². The molecule has 0 atom stereocenters. The Morgan fingerprint density at radius 2 is 1.53 bits per heavy atom. The minimum Gasteiger partial charge on any atom is -0.352 e. The summed E-state index contributed by atoms with van der Waals surface area (Å²) in [6.45, 7) is 0.380. The molecule has 0 saturated carbocycles. The van der Waals surface area contributed by atoms with Crippen LogP contribution in [0.2, 0.25) is 0 Å². The Balaban J connectivity index is 1.41. The van der Waals surface area contributed by atoms with Crippen LogP contribution in [0.4, 0.5) is 4.39 Å². The first-order valence-electron chi connectivity index (χ1n) is 9.60. The number of carbonyl (C=O) groups is 3. The molecular weight excluding hydrogens is 383 g/mol. The van der Waals surface area contributed by atoms with E-state index in [1.165, 1.54) is 11.0 Å². The van der Waals surface area contributed by atoms with E-state index in [9.17, 15) is 18.8 Å². The topological polar surface area (TPSA) is 66.5 Å². The molecule has 150 valence electrons. The summed E-state index contributed by atoms with van der Waals surface area (Å²) in [4.78, 5) is 38.7. The highest BCUT2D eigenvalue weighted by atomic mass is 19.1. The average molecular weight is 402 g/mol. The number of amides is 3. The monoisotopic (exact) mass is 402 g/mol. The molecule has 0 unspecified atom stereocenters.